The van der Waals surface area contributed by atoms with Gasteiger partial charge in [0.1, 0.15) is 11.0 Å². The summed E-state index contributed by atoms with van der Waals surface area (Å²) in [5.41, 5.74) is 1.46. The van der Waals surface area contributed by atoms with E-state index in [4.69, 9.17) is 23.2 Å². The van der Waals surface area contributed by atoms with E-state index in [1.165, 1.54) is 12.1 Å². The highest BCUT2D eigenvalue weighted by atomic mass is 79.9. The second-order valence-corrected chi connectivity index (χ2v) is 6.00. The number of rotatable bonds is 2. The molecule has 0 N–H and O–H groups in total. The third-order valence-corrected chi connectivity index (χ3v) is 4.57. The monoisotopic (exact) mass is 360 g/mol. The zero-order valence-corrected chi connectivity index (χ0v) is 12.7. The largest absolute Gasteiger partial charge is 0.231 e. The minimum Gasteiger partial charge on any atom is -0.231 e. The molecular formula is C13H8BrCl2FN2. The van der Waals surface area contributed by atoms with Crippen molar-refractivity contribution in [1.29, 1.82) is 0 Å². The van der Waals surface area contributed by atoms with Gasteiger partial charge >= 0.3 is 0 Å². The predicted octanol–water partition coefficient (Wildman–Crippen LogP) is 5.23. The van der Waals surface area contributed by atoms with Crippen molar-refractivity contribution in [2.24, 2.45) is 0 Å². The summed E-state index contributed by atoms with van der Waals surface area (Å²) in [5.74, 6) is 0.353. The van der Waals surface area contributed by atoms with Crippen LogP contribution < -0.4 is 0 Å². The van der Waals surface area contributed by atoms with E-state index < -0.39 is 5.82 Å². The molecule has 1 fully saturated rings. The molecule has 1 aromatic carbocycles. The van der Waals surface area contributed by atoms with Crippen LogP contribution in [-0.4, -0.2) is 9.97 Å². The third-order valence-electron chi connectivity index (χ3n) is 2.98. The molecule has 1 saturated carbocycles. The highest BCUT2D eigenvalue weighted by Gasteiger charge is 2.29. The second kappa shape index (κ2) is 5.00. The maximum absolute atomic E-state index is 13.5. The van der Waals surface area contributed by atoms with Gasteiger partial charge in [0.05, 0.1) is 15.2 Å². The van der Waals surface area contributed by atoms with Gasteiger partial charge < -0.3 is 0 Å². The van der Waals surface area contributed by atoms with Crippen LogP contribution in [0.4, 0.5) is 4.39 Å². The van der Waals surface area contributed by atoms with Crippen LogP contribution in [0.3, 0.4) is 0 Å². The number of halogens is 4. The molecule has 98 valence electrons. The number of hydrogen-bond acceptors (Lipinski definition) is 2. The molecule has 0 amide bonds. The first kappa shape index (κ1) is 13.3. The maximum Gasteiger partial charge on any atom is 0.161 e. The van der Waals surface area contributed by atoms with Gasteiger partial charge in [-0.05, 0) is 47.0 Å². The van der Waals surface area contributed by atoms with Gasteiger partial charge in [-0.25, -0.2) is 14.4 Å². The van der Waals surface area contributed by atoms with Crippen molar-refractivity contribution < 1.29 is 4.39 Å². The van der Waals surface area contributed by atoms with E-state index in [1.54, 1.807) is 6.07 Å². The van der Waals surface area contributed by atoms with Crippen molar-refractivity contribution in [2.75, 3.05) is 0 Å². The molecule has 0 unspecified atom stereocenters. The van der Waals surface area contributed by atoms with Gasteiger partial charge in [0.2, 0.25) is 0 Å². The van der Waals surface area contributed by atoms with E-state index in [0.717, 1.165) is 23.0 Å². The van der Waals surface area contributed by atoms with E-state index in [2.05, 4.69) is 25.9 Å². The molecule has 6 heteroatoms. The Bertz CT molecular complexity index is 659. The highest BCUT2D eigenvalue weighted by Crippen LogP contribution is 2.44. The summed E-state index contributed by atoms with van der Waals surface area (Å²) in [6.07, 6.45) is 2.20. The summed E-state index contributed by atoms with van der Waals surface area (Å²) in [6, 6.07) is 4.49. The van der Waals surface area contributed by atoms with Gasteiger partial charge in [-0.1, -0.05) is 23.2 Å². The fourth-order valence-corrected chi connectivity index (χ4v) is 2.62. The van der Waals surface area contributed by atoms with Gasteiger partial charge in [0, 0.05) is 11.5 Å². The van der Waals surface area contributed by atoms with Crippen molar-refractivity contribution in [3.05, 3.63) is 44.4 Å². The molecule has 1 aromatic heterocycles. The lowest BCUT2D eigenvalue weighted by atomic mass is 10.2. The van der Waals surface area contributed by atoms with Crippen LogP contribution in [0.5, 0.6) is 0 Å². The maximum atomic E-state index is 13.5. The first-order chi connectivity index (χ1) is 9.06. The molecule has 19 heavy (non-hydrogen) atoms. The Morgan fingerprint density at radius 3 is 2.58 bits per heavy atom. The number of aromatic nitrogens is 2. The Labute approximate surface area is 128 Å². The first-order valence-electron chi connectivity index (χ1n) is 5.74. The Kier molecular flexibility index (Phi) is 3.50. The summed E-state index contributed by atoms with van der Waals surface area (Å²) in [6.45, 7) is 0. The lowest BCUT2D eigenvalue weighted by molar-refractivity contribution is 0.628. The van der Waals surface area contributed by atoms with Crippen LogP contribution in [0.2, 0.25) is 10.2 Å². The van der Waals surface area contributed by atoms with Gasteiger partial charge in [0.15, 0.2) is 5.82 Å². The van der Waals surface area contributed by atoms with Crippen molar-refractivity contribution in [2.45, 2.75) is 18.8 Å². The molecule has 0 radical (unpaired) electrons. The second-order valence-electron chi connectivity index (χ2n) is 4.44. The van der Waals surface area contributed by atoms with Crippen LogP contribution in [0.1, 0.15) is 24.5 Å². The summed E-state index contributed by atoms with van der Waals surface area (Å²) in [5, 5.41) is 0.427. The Balaban J connectivity index is 2.11. The van der Waals surface area contributed by atoms with Crippen molar-refractivity contribution >= 4 is 39.1 Å². The molecule has 1 aliphatic carbocycles. The molecule has 0 bridgehead atoms. The van der Waals surface area contributed by atoms with Crippen LogP contribution >= 0.6 is 39.1 Å². The zero-order chi connectivity index (χ0) is 13.6. The molecule has 2 aromatic rings. The SMILES string of the molecule is Fc1cc(-c2nc(Cl)c(Br)c(C3CC3)n2)ccc1Cl. The smallest absolute Gasteiger partial charge is 0.161 e. The molecule has 0 aliphatic heterocycles. The average molecular weight is 362 g/mol. The van der Waals surface area contributed by atoms with Gasteiger partial charge in [-0.2, -0.15) is 0 Å². The summed E-state index contributed by atoms with van der Waals surface area (Å²) < 4.78 is 14.2. The van der Waals surface area contributed by atoms with Gasteiger partial charge in [0.25, 0.3) is 0 Å². The lowest BCUT2D eigenvalue weighted by Crippen LogP contribution is -1.97. The molecule has 0 saturated heterocycles. The molecular weight excluding hydrogens is 354 g/mol. The molecule has 0 atom stereocenters. The van der Waals surface area contributed by atoms with E-state index >= 15 is 0 Å². The quantitative estimate of drug-likeness (QED) is 0.684. The summed E-state index contributed by atoms with van der Waals surface area (Å²) in [7, 11) is 0. The van der Waals surface area contributed by atoms with Crippen LogP contribution in [0.25, 0.3) is 11.4 Å². The Hall–Kier alpha value is -0.710. The number of nitrogens with zero attached hydrogens (tertiary/aromatic N) is 2. The molecule has 2 nitrogen and oxygen atoms in total. The van der Waals surface area contributed by atoms with Crippen molar-refractivity contribution in [1.82, 2.24) is 9.97 Å². The fraction of sp³-hybridized carbons (Fsp3) is 0.231. The lowest BCUT2D eigenvalue weighted by Gasteiger charge is -2.08. The topological polar surface area (TPSA) is 25.8 Å². The molecule has 3 rings (SSSR count). The number of benzene rings is 1. The molecule has 1 aliphatic rings. The summed E-state index contributed by atoms with van der Waals surface area (Å²) >= 11 is 15.2. The summed E-state index contributed by atoms with van der Waals surface area (Å²) in [4.78, 5) is 8.67. The van der Waals surface area contributed by atoms with Crippen molar-refractivity contribution in [3.8, 4) is 11.4 Å². The minimum atomic E-state index is -0.491. The van der Waals surface area contributed by atoms with Crippen LogP contribution in [-0.2, 0) is 0 Å². The highest BCUT2D eigenvalue weighted by molar-refractivity contribution is 9.10. The van der Waals surface area contributed by atoms with E-state index in [0.29, 0.717) is 22.5 Å². The van der Waals surface area contributed by atoms with E-state index in [1.807, 2.05) is 0 Å². The first-order valence-corrected chi connectivity index (χ1v) is 7.29. The normalized spacial score (nSPS) is 14.7. The Morgan fingerprint density at radius 2 is 1.95 bits per heavy atom. The Morgan fingerprint density at radius 1 is 1.21 bits per heavy atom. The van der Waals surface area contributed by atoms with Crippen LogP contribution in [0, 0.1) is 5.82 Å². The average Bonchev–Trinajstić information content (AvgIpc) is 3.20. The fourth-order valence-electron chi connectivity index (χ4n) is 1.83. The van der Waals surface area contributed by atoms with Gasteiger partial charge in [-0.3, -0.25) is 0 Å². The predicted molar refractivity (Wildman–Crippen MR) is 77.1 cm³/mol. The zero-order valence-electron chi connectivity index (χ0n) is 9.63. The van der Waals surface area contributed by atoms with E-state index in [-0.39, 0.29) is 5.02 Å². The molecule has 1 heterocycles. The minimum absolute atomic E-state index is 0.0781. The van der Waals surface area contributed by atoms with Crippen LogP contribution in [0.15, 0.2) is 22.7 Å². The van der Waals surface area contributed by atoms with Gasteiger partial charge in [-0.15, -0.1) is 0 Å². The standard InChI is InChI=1S/C13H8BrCl2FN2/c14-10-11(6-1-2-6)18-13(19-12(10)16)7-3-4-8(15)9(17)5-7/h3-6H,1-2H2. The third kappa shape index (κ3) is 2.62. The molecule has 0 spiro atoms. The number of hydrogen-bond donors (Lipinski definition) is 0. The van der Waals surface area contributed by atoms with Crippen molar-refractivity contribution in [3.63, 3.8) is 0 Å². The van der Waals surface area contributed by atoms with E-state index in [9.17, 15) is 4.39 Å².